The monoisotopic (exact) mass is 405 g/mol. The number of rotatable bonds is 4. The predicted octanol–water partition coefficient (Wildman–Crippen LogP) is 4.90. The molecule has 4 fully saturated rings. The fraction of sp³-hybridized carbons (Fsp3) is 0.480. The Morgan fingerprint density at radius 3 is 2.47 bits per heavy atom. The highest BCUT2D eigenvalue weighted by Crippen LogP contribution is 2.66. The van der Waals surface area contributed by atoms with Gasteiger partial charge in [0.2, 0.25) is 12.7 Å². The number of fused-ring (bicyclic) bond motifs is 1. The number of methoxy groups -OCH3 is 1. The second-order valence-corrected chi connectivity index (χ2v) is 9.77. The van der Waals surface area contributed by atoms with E-state index in [-0.39, 0.29) is 23.5 Å². The lowest BCUT2D eigenvalue weighted by atomic mass is 9.42. The van der Waals surface area contributed by atoms with Crippen molar-refractivity contribution in [2.24, 2.45) is 17.3 Å². The van der Waals surface area contributed by atoms with E-state index in [1.807, 2.05) is 18.2 Å². The van der Waals surface area contributed by atoms with Crippen LogP contribution in [0.15, 0.2) is 42.5 Å². The molecule has 1 aliphatic heterocycles. The Morgan fingerprint density at radius 1 is 1.00 bits per heavy atom. The van der Waals surface area contributed by atoms with Crippen molar-refractivity contribution < 1.29 is 19.0 Å². The minimum absolute atomic E-state index is 0.114. The molecule has 2 unspecified atom stereocenters. The molecular weight excluding hydrogens is 378 g/mol. The molecule has 0 aromatic heterocycles. The van der Waals surface area contributed by atoms with Crippen LogP contribution in [0, 0.1) is 17.3 Å². The average molecular weight is 405 g/mol. The van der Waals surface area contributed by atoms with Gasteiger partial charge in [0.05, 0.1) is 12.5 Å². The van der Waals surface area contributed by atoms with Crippen molar-refractivity contribution in [1.82, 2.24) is 0 Å². The summed E-state index contributed by atoms with van der Waals surface area (Å²) in [5, 5.41) is 3.22. The van der Waals surface area contributed by atoms with E-state index in [9.17, 15) is 4.79 Å². The van der Waals surface area contributed by atoms with Gasteiger partial charge in [-0.3, -0.25) is 4.79 Å². The Bertz CT molecular complexity index is 985. The van der Waals surface area contributed by atoms with E-state index in [2.05, 4.69) is 29.6 Å². The largest absolute Gasteiger partial charge is 0.497 e. The molecule has 30 heavy (non-hydrogen) atoms. The molecule has 2 aromatic rings. The fourth-order valence-corrected chi connectivity index (χ4v) is 7.05. The molecule has 4 saturated carbocycles. The number of benzene rings is 2. The van der Waals surface area contributed by atoms with Gasteiger partial charge in [-0.05, 0) is 85.6 Å². The van der Waals surface area contributed by atoms with Gasteiger partial charge >= 0.3 is 0 Å². The molecule has 7 rings (SSSR count). The third kappa shape index (κ3) is 2.71. The maximum Gasteiger partial charge on any atom is 0.231 e. The van der Waals surface area contributed by atoms with Gasteiger partial charge in [-0.25, -0.2) is 0 Å². The van der Waals surface area contributed by atoms with Gasteiger partial charge in [0.1, 0.15) is 5.75 Å². The zero-order valence-electron chi connectivity index (χ0n) is 17.3. The van der Waals surface area contributed by atoms with Gasteiger partial charge in [0.25, 0.3) is 0 Å². The quantitative estimate of drug-likeness (QED) is 0.786. The van der Waals surface area contributed by atoms with Crippen LogP contribution in [0.5, 0.6) is 17.2 Å². The normalized spacial score (nSPS) is 32.8. The predicted molar refractivity (Wildman–Crippen MR) is 113 cm³/mol. The lowest BCUT2D eigenvalue weighted by molar-refractivity contribution is -0.143. The molecule has 1 amide bonds. The SMILES string of the molecule is COc1ccc(C23C[C@@H]4C[C@@H](CC(C(=O)Nc5ccc6c(c5)OCO6)(C4)C2)C3)cc1. The molecule has 5 aliphatic rings. The summed E-state index contributed by atoms with van der Waals surface area (Å²) in [6.07, 6.45) is 6.64. The van der Waals surface area contributed by atoms with Crippen molar-refractivity contribution in [2.75, 3.05) is 19.2 Å². The summed E-state index contributed by atoms with van der Waals surface area (Å²) in [7, 11) is 1.70. The van der Waals surface area contributed by atoms with E-state index < -0.39 is 0 Å². The first-order valence-electron chi connectivity index (χ1n) is 10.9. The van der Waals surface area contributed by atoms with Crippen LogP contribution in [-0.4, -0.2) is 19.8 Å². The highest BCUT2D eigenvalue weighted by molar-refractivity contribution is 5.96. The second kappa shape index (κ2) is 6.40. The first-order chi connectivity index (χ1) is 14.6. The topological polar surface area (TPSA) is 56.8 Å². The summed E-state index contributed by atoms with van der Waals surface area (Å²) in [6.45, 7) is 0.240. The Labute approximate surface area is 176 Å². The summed E-state index contributed by atoms with van der Waals surface area (Å²) in [4.78, 5) is 13.6. The summed E-state index contributed by atoms with van der Waals surface area (Å²) < 4.78 is 16.2. The van der Waals surface area contributed by atoms with Crippen molar-refractivity contribution in [3.8, 4) is 17.2 Å². The third-order valence-electron chi connectivity index (χ3n) is 7.88. The Hall–Kier alpha value is -2.69. The van der Waals surface area contributed by atoms with Gasteiger partial charge in [-0.15, -0.1) is 0 Å². The standard InChI is InChI=1S/C25H27NO4/c1-28-20-5-2-18(3-6-20)24-10-16-8-17(11-24)13-25(12-16,14-24)23(27)26-19-4-7-21-22(9-19)30-15-29-21/h2-7,9,16-17H,8,10-15H2,1H3,(H,26,27)/t16-,17+,24?,25?. The Morgan fingerprint density at radius 2 is 1.73 bits per heavy atom. The smallest absolute Gasteiger partial charge is 0.231 e. The molecule has 5 heteroatoms. The summed E-state index contributed by atoms with van der Waals surface area (Å²) in [5.74, 6) is 3.77. The molecule has 4 aliphatic carbocycles. The van der Waals surface area contributed by atoms with Gasteiger partial charge in [0.15, 0.2) is 11.5 Å². The number of carbonyl (C=O) groups excluding carboxylic acids is 1. The molecular formula is C25H27NO4. The molecule has 4 atom stereocenters. The van der Waals surface area contributed by atoms with E-state index in [1.54, 1.807) is 7.11 Å². The molecule has 0 radical (unpaired) electrons. The Balaban J connectivity index is 1.30. The summed E-state index contributed by atoms with van der Waals surface area (Å²) in [6, 6.07) is 14.2. The average Bonchev–Trinajstić information content (AvgIpc) is 3.21. The summed E-state index contributed by atoms with van der Waals surface area (Å²) >= 11 is 0. The van der Waals surface area contributed by atoms with Crippen LogP contribution in [-0.2, 0) is 10.2 Å². The van der Waals surface area contributed by atoms with E-state index >= 15 is 0 Å². The molecule has 0 spiro atoms. The van der Waals surface area contributed by atoms with Crippen LogP contribution >= 0.6 is 0 Å². The Kier molecular flexibility index (Phi) is 3.86. The van der Waals surface area contributed by atoms with Gasteiger partial charge in [-0.1, -0.05) is 12.1 Å². The summed E-state index contributed by atoms with van der Waals surface area (Å²) in [5.41, 5.74) is 2.00. The van der Waals surface area contributed by atoms with Crippen LogP contribution in [0.4, 0.5) is 5.69 Å². The molecule has 5 nitrogen and oxygen atoms in total. The van der Waals surface area contributed by atoms with Crippen LogP contribution in [0.2, 0.25) is 0 Å². The number of hydrogen-bond acceptors (Lipinski definition) is 4. The maximum atomic E-state index is 13.6. The molecule has 156 valence electrons. The van der Waals surface area contributed by atoms with Crippen molar-refractivity contribution in [3.63, 3.8) is 0 Å². The number of anilines is 1. The van der Waals surface area contributed by atoms with Crippen molar-refractivity contribution in [1.29, 1.82) is 0 Å². The molecule has 1 heterocycles. The zero-order valence-corrected chi connectivity index (χ0v) is 17.3. The molecule has 2 aromatic carbocycles. The van der Waals surface area contributed by atoms with Gasteiger partial charge in [0, 0.05) is 11.8 Å². The number of amides is 1. The maximum absolute atomic E-state index is 13.6. The first-order valence-corrected chi connectivity index (χ1v) is 10.9. The highest BCUT2D eigenvalue weighted by Gasteiger charge is 2.60. The van der Waals surface area contributed by atoms with Crippen LogP contribution in [0.3, 0.4) is 0 Å². The lowest BCUT2D eigenvalue weighted by Crippen LogP contribution is -2.57. The van der Waals surface area contributed by atoms with E-state index in [1.165, 1.54) is 24.8 Å². The lowest BCUT2D eigenvalue weighted by Gasteiger charge is -2.61. The van der Waals surface area contributed by atoms with Crippen LogP contribution in [0.25, 0.3) is 0 Å². The number of ether oxygens (including phenoxy) is 3. The van der Waals surface area contributed by atoms with Crippen molar-refractivity contribution in [2.45, 2.75) is 43.9 Å². The fourth-order valence-electron chi connectivity index (χ4n) is 7.05. The number of carbonyl (C=O) groups is 1. The molecule has 0 saturated heterocycles. The minimum Gasteiger partial charge on any atom is -0.497 e. The van der Waals surface area contributed by atoms with Crippen LogP contribution < -0.4 is 19.5 Å². The van der Waals surface area contributed by atoms with Crippen molar-refractivity contribution >= 4 is 11.6 Å². The van der Waals surface area contributed by atoms with E-state index in [4.69, 9.17) is 14.2 Å². The van der Waals surface area contributed by atoms with Crippen molar-refractivity contribution in [3.05, 3.63) is 48.0 Å². The number of hydrogen-bond donors (Lipinski definition) is 1. The number of nitrogens with one attached hydrogen (secondary N) is 1. The highest BCUT2D eigenvalue weighted by atomic mass is 16.7. The van der Waals surface area contributed by atoms with E-state index in [0.29, 0.717) is 17.6 Å². The van der Waals surface area contributed by atoms with E-state index in [0.717, 1.165) is 36.4 Å². The van der Waals surface area contributed by atoms with Gasteiger partial charge < -0.3 is 19.5 Å². The minimum atomic E-state index is -0.277. The van der Waals surface area contributed by atoms with Crippen LogP contribution in [0.1, 0.15) is 44.1 Å². The zero-order chi connectivity index (χ0) is 20.3. The molecule has 1 N–H and O–H groups in total. The third-order valence-corrected chi connectivity index (χ3v) is 7.88. The van der Waals surface area contributed by atoms with Gasteiger partial charge in [-0.2, -0.15) is 0 Å². The molecule has 4 bridgehead atoms. The first kappa shape index (κ1) is 18.1. The second-order valence-electron chi connectivity index (χ2n) is 9.77.